The summed E-state index contributed by atoms with van der Waals surface area (Å²) in [6, 6.07) is 0. The third kappa shape index (κ3) is 5.72. The summed E-state index contributed by atoms with van der Waals surface area (Å²) in [5.74, 6) is -1.44. The van der Waals surface area contributed by atoms with Crippen molar-refractivity contribution in [3.8, 4) is 0 Å². The van der Waals surface area contributed by atoms with Crippen molar-refractivity contribution in [1.82, 2.24) is 0 Å². The highest BCUT2D eigenvalue weighted by atomic mass is 31.2. The molecule has 5 rings (SSSR count). The van der Waals surface area contributed by atoms with Crippen LogP contribution in [0.3, 0.4) is 0 Å². The summed E-state index contributed by atoms with van der Waals surface area (Å²) in [6.45, 7) is 23.5. The van der Waals surface area contributed by atoms with E-state index in [4.69, 9.17) is 24.0 Å². The Morgan fingerprint density at radius 1 is 1.06 bits per heavy atom. The molecule has 2 spiro atoms. The van der Waals surface area contributed by atoms with Gasteiger partial charge in [-0.05, 0) is 84.7 Å². The molecule has 11 heteroatoms. The van der Waals surface area contributed by atoms with Crippen molar-refractivity contribution in [3.05, 3.63) is 36.6 Å². The molecule has 0 bridgehead atoms. The van der Waals surface area contributed by atoms with Crippen LogP contribution in [-0.4, -0.2) is 58.3 Å². The molecule has 4 saturated carbocycles. The minimum absolute atomic E-state index is 0.00158. The third-order valence-corrected chi connectivity index (χ3v) is 15.0. The van der Waals surface area contributed by atoms with Gasteiger partial charge in [-0.2, -0.15) is 0 Å². The van der Waals surface area contributed by atoms with Crippen molar-refractivity contribution in [3.63, 3.8) is 0 Å². The number of hydrogen-bond donors (Lipinski definition) is 2. The lowest BCUT2D eigenvalue weighted by Gasteiger charge is -2.61. The average Bonchev–Trinajstić information content (AvgIpc) is 3.43. The second kappa shape index (κ2) is 12.6. The van der Waals surface area contributed by atoms with Crippen molar-refractivity contribution < 1.29 is 47.7 Å². The molecule has 4 fully saturated rings. The lowest BCUT2D eigenvalue weighted by molar-refractivity contribution is -0.155. The Morgan fingerprint density at radius 2 is 1.71 bits per heavy atom. The maximum Gasteiger partial charge on any atom is 0.336 e. The molecule has 0 heterocycles. The van der Waals surface area contributed by atoms with Gasteiger partial charge in [-0.1, -0.05) is 60.8 Å². The molecule has 5 aliphatic rings. The van der Waals surface area contributed by atoms with Gasteiger partial charge in [0.25, 0.3) is 0 Å². The quantitative estimate of drug-likeness (QED) is 0.104. The predicted molar refractivity (Wildman–Crippen MR) is 183 cm³/mol. The number of carbonyl (C=O) groups excluding carboxylic acids is 4. The molecule has 13 atom stereocenters. The summed E-state index contributed by atoms with van der Waals surface area (Å²) in [5, 5.41) is 0. The van der Waals surface area contributed by atoms with Gasteiger partial charge in [0.05, 0.1) is 12.4 Å². The molecule has 0 saturated heterocycles. The zero-order valence-electron chi connectivity index (χ0n) is 30.3. The van der Waals surface area contributed by atoms with Crippen molar-refractivity contribution >= 4 is 31.1 Å². The first kappa shape index (κ1) is 37.7. The van der Waals surface area contributed by atoms with Crippen LogP contribution in [0.2, 0.25) is 0 Å². The largest absolute Gasteiger partial charge is 0.487 e. The van der Waals surface area contributed by atoms with Gasteiger partial charge in [-0.25, -0.2) is 0 Å². The highest BCUT2D eigenvalue weighted by Gasteiger charge is 2.85. The van der Waals surface area contributed by atoms with E-state index in [1.165, 1.54) is 6.92 Å². The molecule has 2 N–H and O–H groups in total. The summed E-state index contributed by atoms with van der Waals surface area (Å²) in [4.78, 5) is 69.9. The summed E-state index contributed by atoms with van der Waals surface area (Å²) in [6.07, 6.45) is 6.10. The Kier molecular flexibility index (Phi) is 9.69. The number of allylic oxidation sites excluding steroid dienone is 3. The van der Waals surface area contributed by atoms with E-state index in [1.54, 1.807) is 13.8 Å². The molecule has 272 valence electrons. The Hall–Kier alpha value is -2.55. The average molecular weight is 703 g/mol. The van der Waals surface area contributed by atoms with Gasteiger partial charge < -0.3 is 24.0 Å². The van der Waals surface area contributed by atoms with Crippen LogP contribution < -0.4 is 0 Å². The van der Waals surface area contributed by atoms with Crippen LogP contribution in [0.5, 0.6) is 0 Å². The number of rotatable bonds is 12. The molecule has 0 aromatic carbocycles. The van der Waals surface area contributed by atoms with E-state index in [-0.39, 0.29) is 63.2 Å². The molecule has 0 radical (unpaired) electrons. The summed E-state index contributed by atoms with van der Waals surface area (Å²) in [7, 11) is -4.60. The van der Waals surface area contributed by atoms with Gasteiger partial charge in [0, 0.05) is 36.0 Å². The fourth-order valence-electron chi connectivity index (χ4n) is 12.1. The van der Waals surface area contributed by atoms with E-state index < -0.39 is 43.8 Å². The SMILES string of the molecule is C=C(C)O[C@@H](C(=O)C(=C)[C@@H](C)COC(=O)CP(=O)(O)O)[C@@H](C)C1[C@@H](OC(C)=O)C[C@@]2(C)[C@@H]3CCC4[C@H](C)C(=O)C=CC45[C@@H](C)[C@@]35CC[C@]12C. The topological polar surface area (TPSA) is 154 Å². The molecular formula is C38H55O10P. The molecule has 0 amide bonds. The van der Waals surface area contributed by atoms with E-state index >= 15 is 0 Å². The van der Waals surface area contributed by atoms with Crippen LogP contribution in [0.4, 0.5) is 0 Å². The zero-order chi connectivity index (χ0) is 36.6. The van der Waals surface area contributed by atoms with Crippen LogP contribution in [0.15, 0.2) is 36.6 Å². The minimum atomic E-state index is -4.60. The van der Waals surface area contributed by atoms with Crippen molar-refractivity contribution in [1.29, 1.82) is 0 Å². The van der Waals surface area contributed by atoms with E-state index in [0.29, 0.717) is 29.9 Å². The van der Waals surface area contributed by atoms with Crippen LogP contribution in [0.25, 0.3) is 0 Å². The van der Waals surface area contributed by atoms with Crippen LogP contribution in [0, 0.1) is 63.1 Å². The van der Waals surface area contributed by atoms with Gasteiger partial charge >= 0.3 is 19.5 Å². The van der Waals surface area contributed by atoms with Crippen LogP contribution in [0.1, 0.15) is 87.5 Å². The van der Waals surface area contributed by atoms with Gasteiger partial charge in [0.15, 0.2) is 17.7 Å². The number of ketones is 2. The Balaban J connectivity index is 1.46. The Labute approximate surface area is 290 Å². The van der Waals surface area contributed by atoms with E-state index in [2.05, 4.69) is 46.9 Å². The number of hydrogen-bond acceptors (Lipinski definition) is 8. The smallest absolute Gasteiger partial charge is 0.336 e. The van der Waals surface area contributed by atoms with Crippen molar-refractivity contribution in [2.24, 2.45) is 63.1 Å². The van der Waals surface area contributed by atoms with E-state index in [9.17, 15) is 23.7 Å². The molecule has 0 aromatic heterocycles. The molecular weight excluding hydrogens is 647 g/mol. The van der Waals surface area contributed by atoms with Gasteiger partial charge in [0.2, 0.25) is 0 Å². The number of carbonyl (C=O) groups is 4. The number of fused-ring (bicyclic) bond motifs is 2. The lowest BCUT2D eigenvalue weighted by atomic mass is 9.43. The van der Waals surface area contributed by atoms with Crippen molar-refractivity contribution in [2.75, 3.05) is 12.8 Å². The summed E-state index contributed by atoms with van der Waals surface area (Å²) < 4.78 is 28.7. The normalized spacial score (nSPS) is 40.7. The van der Waals surface area contributed by atoms with Crippen LogP contribution >= 0.6 is 7.60 Å². The molecule has 10 nitrogen and oxygen atoms in total. The molecule has 0 aromatic rings. The number of Topliss-reactive ketones (excluding diaryl/α,β-unsaturated/α-hetero) is 1. The van der Waals surface area contributed by atoms with Gasteiger partial charge in [-0.15, -0.1) is 0 Å². The van der Waals surface area contributed by atoms with Crippen molar-refractivity contribution in [2.45, 2.75) is 99.7 Å². The predicted octanol–water partition coefficient (Wildman–Crippen LogP) is 6.21. The highest BCUT2D eigenvalue weighted by Crippen LogP contribution is 2.89. The van der Waals surface area contributed by atoms with E-state index in [0.717, 1.165) is 25.7 Å². The minimum Gasteiger partial charge on any atom is -0.487 e. The first-order chi connectivity index (χ1) is 22.6. The summed E-state index contributed by atoms with van der Waals surface area (Å²) >= 11 is 0. The first-order valence-electron chi connectivity index (χ1n) is 17.7. The molecule has 0 aliphatic heterocycles. The fraction of sp³-hybridized carbons (Fsp3) is 0.737. The monoisotopic (exact) mass is 702 g/mol. The maximum absolute atomic E-state index is 14.2. The molecule has 5 aliphatic carbocycles. The second-order valence-electron chi connectivity index (χ2n) is 16.6. The van der Waals surface area contributed by atoms with Gasteiger partial charge in [-0.3, -0.25) is 23.7 Å². The third-order valence-electron chi connectivity index (χ3n) is 14.4. The first-order valence-corrected chi connectivity index (χ1v) is 19.5. The number of esters is 2. The molecule has 49 heavy (non-hydrogen) atoms. The van der Waals surface area contributed by atoms with Crippen LogP contribution in [-0.2, 0) is 38.0 Å². The zero-order valence-corrected chi connectivity index (χ0v) is 31.2. The second-order valence-corrected chi connectivity index (χ2v) is 18.2. The Morgan fingerprint density at radius 3 is 2.31 bits per heavy atom. The lowest BCUT2D eigenvalue weighted by Crippen LogP contribution is -2.56. The maximum atomic E-state index is 14.2. The Bertz CT molecular complexity index is 1530. The van der Waals surface area contributed by atoms with E-state index in [1.807, 2.05) is 13.0 Å². The number of ether oxygens (including phenoxy) is 3. The summed E-state index contributed by atoms with van der Waals surface area (Å²) in [5.41, 5.74) is -0.322. The van der Waals surface area contributed by atoms with Gasteiger partial charge in [0.1, 0.15) is 12.3 Å². The standard InChI is InChI=1S/C38H55O10P/c1-20(2)47-34(33(42)22(4)21(3)18-46-31(41)19-49(43,44)45)24(6)32-29(48-26(8)39)17-36(10)30-12-11-27-23(5)28(40)13-14-37(27)25(7)38(30,37)16-15-35(32,36)9/h13-14,21,23-25,27,29-30,32,34H,1,4,11-12,15-19H2,2-3,5-10H3,(H2,43,44,45)/t21-,23-,24-,25+,27?,29-,30-,32?,34+,35+,36-,37?,38-/m0/s1. The highest BCUT2D eigenvalue weighted by molar-refractivity contribution is 7.52. The molecule has 3 unspecified atom stereocenters. The fourth-order valence-corrected chi connectivity index (χ4v) is 12.6.